The summed E-state index contributed by atoms with van der Waals surface area (Å²) in [5, 5.41) is 25.6. The minimum atomic E-state index is -1.96. The summed E-state index contributed by atoms with van der Waals surface area (Å²) in [4.78, 5) is 9.71. The molecule has 1 atom stereocenters. The Kier molecular flexibility index (Phi) is 2.76. The van der Waals surface area contributed by atoms with Gasteiger partial charge in [0.2, 0.25) is 0 Å². The van der Waals surface area contributed by atoms with E-state index in [1.165, 1.54) is 0 Å². The van der Waals surface area contributed by atoms with Crippen LogP contribution in [0.3, 0.4) is 0 Å². The number of rotatable bonds is 3. The Balaban J connectivity index is 3.59. The number of hydrogen-bond acceptors (Lipinski definition) is 4. The summed E-state index contributed by atoms with van der Waals surface area (Å²) < 4.78 is 0. The SMILES string of the molecule is CC(O)(O)CC(O)C=O. The van der Waals surface area contributed by atoms with Gasteiger partial charge in [0.05, 0.1) is 0 Å². The normalized spacial score (nSPS) is 15.1. The van der Waals surface area contributed by atoms with Crippen molar-refractivity contribution in [3.63, 3.8) is 0 Å². The number of carbonyl (C=O) groups excluding carboxylic acids is 1. The van der Waals surface area contributed by atoms with Gasteiger partial charge in [-0.05, 0) is 6.92 Å². The third kappa shape index (κ3) is 5.42. The molecule has 0 amide bonds. The molecule has 0 rings (SSSR count). The molecule has 0 aliphatic heterocycles. The Hall–Kier alpha value is -0.450. The van der Waals surface area contributed by atoms with Gasteiger partial charge in [-0.2, -0.15) is 0 Å². The highest BCUT2D eigenvalue weighted by atomic mass is 16.5. The van der Waals surface area contributed by atoms with Gasteiger partial charge in [0, 0.05) is 6.42 Å². The minimum absolute atomic E-state index is 0.255. The summed E-state index contributed by atoms with van der Waals surface area (Å²) in [6.07, 6.45) is -1.38. The first-order chi connectivity index (χ1) is 3.95. The maximum atomic E-state index is 9.71. The van der Waals surface area contributed by atoms with E-state index in [2.05, 4.69) is 0 Å². The maximum absolute atomic E-state index is 9.71. The van der Waals surface area contributed by atoms with E-state index in [-0.39, 0.29) is 12.7 Å². The van der Waals surface area contributed by atoms with Gasteiger partial charge in [-0.15, -0.1) is 0 Å². The first kappa shape index (κ1) is 8.55. The molecule has 54 valence electrons. The molecule has 0 radical (unpaired) electrons. The Morgan fingerprint density at radius 2 is 2.11 bits per heavy atom. The lowest BCUT2D eigenvalue weighted by Gasteiger charge is -2.15. The molecule has 0 fully saturated rings. The average molecular weight is 134 g/mol. The Labute approximate surface area is 52.7 Å². The molecule has 0 aromatic rings. The smallest absolute Gasteiger partial charge is 0.162 e. The molecule has 0 bridgehead atoms. The van der Waals surface area contributed by atoms with Crippen LogP contribution in [0.4, 0.5) is 0 Å². The molecule has 4 heteroatoms. The zero-order valence-electron chi connectivity index (χ0n) is 5.11. The van der Waals surface area contributed by atoms with Gasteiger partial charge in [0.15, 0.2) is 5.79 Å². The molecule has 4 nitrogen and oxygen atoms in total. The Bertz CT molecular complexity index is 93.6. The first-order valence-corrected chi connectivity index (χ1v) is 2.54. The third-order valence-corrected chi connectivity index (χ3v) is 0.753. The third-order valence-electron chi connectivity index (χ3n) is 0.753. The topological polar surface area (TPSA) is 77.8 Å². The average Bonchev–Trinajstić information content (AvgIpc) is 1.62. The molecule has 0 saturated carbocycles. The van der Waals surface area contributed by atoms with E-state index in [9.17, 15) is 4.79 Å². The molecule has 0 aromatic carbocycles. The van der Waals surface area contributed by atoms with Crippen molar-refractivity contribution in [3.05, 3.63) is 0 Å². The largest absolute Gasteiger partial charge is 0.385 e. The van der Waals surface area contributed by atoms with E-state index >= 15 is 0 Å². The maximum Gasteiger partial charge on any atom is 0.162 e. The summed E-state index contributed by atoms with van der Waals surface area (Å²) in [7, 11) is 0. The van der Waals surface area contributed by atoms with Gasteiger partial charge in [-0.1, -0.05) is 0 Å². The second-order valence-electron chi connectivity index (χ2n) is 2.12. The molecule has 9 heavy (non-hydrogen) atoms. The second kappa shape index (κ2) is 2.91. The van der Waals surface area contributed by atoms with Crippen molar-refractivity contribution in [1.82, 2.24) is 0 Å². The van der Waals surface area contributed by atoms with Gasteiger partial charge in [0.25, 0.3) is 0 Å². The standard InChI is InChI=1S/C5H10O4/c1-5(8,9)2-4(7)3-6/h3-4,7-9H,2H2,1H3. The molecular formula is C5H10O4. The van der Waals surface area contributed by atoms with Gasteiger partial charge in [0.1, 0.15) is 12.4 Å². The van der Waals surface area contributed by atoms with Crippen molar-refractivity contribution < 1.29 is 20.1 Å². The zero-order valence-corrected chi connectivity index (χ0v) is 5.11. The van der Waals surface area contributed by atoms with Crippen molar-refractivity contribution in [2.45, 2.75) is 25.2 Å². The molecule has 0 aliphatic rings. The van der Waals surface area contributed by atoms with Crippen molar-refractivity contribution in [1.29, 1.82) is 0 Å². The van der Waals surface area contributed by atoms with Crippen LogP contribution in [0.5, 0.6) is 0 Å². The number of hydrogen-bond donors (Lipinski definition) is 3. The van der Waals surface area contributed by atoms with E-state index in [1.807, 2.05) is 0 Å². The predicted molar refractivity (Wildman–Crippen MR) is 29.5 cm³/mol. The number of aliphatic hydroxyl groups is 3. The van der Waals surface area contributed by atoms with Crippen LogP contribution >= 0.6 is 0 Å². The second-order valence-corrected chi connectivity index (χ2v) is 2.12. The van der Waals surface area contributed by atoms with E-state index < -0.39 is 11.9 Å². The molecule has 3 N–H and O–H groups in total. The van der Waals surface area contributed by atoms with Crippen LogP contribution in [-0.2, 0) is 4.79 Å². The quantitative estimate of drug-likeness (QED) is 0.329. The highest BCUT2D eigenvalue weighted by Crippen LogP contribution is 2.05. The van der Waals surface area contributed by atoms with Crippen molar-refractivity contribution in [2.75, 3.05) is 0 Å². The van der Waals surface area contributed by atoms with Crippen LogP contribution in [0, 0.1) is 0 Å². The van der Waals surface area contributed by atoms with Gasteiger partial charge in [-0.3, -0.25) is 0 Å². The van der Waals surface area contributed by atoms with Gasteiger partial charge < -0.3 is 20.1 Å². The van der Waals surface area contributed by atoms with Gasteiger partial charge in [-0.25, -0.2) is 0 Å². The monoisotopic (exact) mass is 134 g/mol. The Morgan fingerprint density at radius 1 is 1.67 bits per heavy atom. The highest BCUT2D eigenvalue weighted by Gasteiger charge is 2.19. The van der Waals surface area contributed by atoms with Crippen molar-refractivity contribution in [3.8, 4) is 0 Å². The first-order valence-electron chi connectivity index (χ1n) is 2.54. The van der Waals surface area contributed by atoms with E-state index in [0.717, 1.165) is 6.92 Å². The molecule has 0 saturated heterocycles. The molecule has 0 aromatic heterocycles. The molecular weight excluding hydrogens is 124 g/mol. The fourth-order valence-corrected chi connectivity index (χ4v) is 0.444. The zero-order chi connectivity index (χ0) is 7.49. The number of aldehydes is 1. The summed E-state index contributed by atoms with van der Waals surface area (Å²) in [6.45, 7) is 1.10. The lowest BCUT2D eigenvalue weighted by atomic mass is 10.1. The molecule has 0 spiro atoms. The predicted octanol–water partition coefficient (Wildman–Crippen LogP) is -1.36. The lowest BCUT2D eigenvalue weighted by molar-refractivity contribution is -0.167. The Morgan fingerprint density at radius 3 is 2.22 bits per heavy atom. The van der Waals surface area contributed by atoms with Crippen LogP contribution in [0.25, 0.3) is 0 Å². The van der Waals surface area contributed by atoms with Crippen molar-refractivity contribution >= 4 is 6.29 Å². The van der Waals surface area contributed by atoms with Crippen LogP contribution in [0.2, 0.25) is 0 Å². The highest BCUT2D eigenvalue weighted by molar-refractivity contribution is 5.55. The van der Waals surface area contributed by atoms with E-state index in [1.54, 1.807) is 0 Å². The van der Waals surface area contributed by atoms with E-state index in [4.69, 9.17) is 15.3 Å². The van der Waals surface area contributed by atoms with Crippen LogP contribution in [0.15, 0.2) is 0 Å². The minimum Gasteiger partial charge on any atom is -0.385 e. The fourth-order valence-electron chi connectivity index (χ4n) is 0.444. The summed E-state index contributed by atoms with van der Waals surface area (Å²) in [5.41, 5.74) is 0. The number of aliphatic hydroxyl groups excluding tert-OH is 1. The summed E-state index contributed by atoms with van der Waals surface area (Å²) in [5.74, 6) is -1.96. The van der Waals surface area contributed by atoms with Crippen LogP contribution in [-0.4, -0.2) is 33.5 Å². The van der Waals surface area contributed by atoms with Crippen LogP contribution in [0.1, 0.15) is 13.3 Å². The van der Waals surface area contributed by atoms with Crippen molar-refractivity contribution in [2.24, 2.45) is 0 Å². The summed E-state index contributed by atoms with van der Waals surface area (Å²) >= 11 is 0. The lowest BCUT2D eigenvalue weighted by Crippen LogP contribution is -2.29. The molecule has 1 unspecified atom stereocenters. The van der Waals surface area contributed by atoms with E-state index in [0.29, 0.717) is 0 Å². The fraction of sp³-hybridized carbons (Fsp3) is 0.800. The molecule has 0 heterocycles. The van der Waals surface area contributed by atoms with Gasteiger partial charge >= 0.3 is 0 Å². The number of carbonyl (C=O) groups is 1. The van der Waals surface area contributed by atoms with Crippen LogP contribution < -0.4 is 0 Å². The molecule has 0 aliphatic carbocycles. The summed E-state index contributed by atoms with van der Waals surface area (Å²) in [6, 6.07) is 0.